The maximum Gasteiger partial charge on any atom is 0.166 e. The number of anilines is 1. The summed E-state index contributed by atoms with van der Waals surface area (Å²) in [6.45, 7) is 4.29. The van der Waals surface area contributed by atoms with Crippen molar-refractivity contribution in [1.82, 2.24) is 19.5 Å². The molecule has 6 rings (SSSR count). The lowest BCUT2D eigenvalue weighted by molar-refractivity contribution is 0.188. The first-order chi connectivity index (χ1) is 18.2. The highest BCUT2D eigenvalue weighted by molar-refractivity contribution is 5.92. The van der Waals surface area contributed by atoms with E-state index in [0.29, 0.717) is 6.54 Å². The SMILES string of the molecule is OCCN1CCN(c2cc(-c3ccccc3)nc3c(-c4ccccc4)c(-c4ccc(O)cc4)nn23)CC1. The Bertz CT molecular complexity index is 1490. The Hall–Kier alpha value is -4.20. The van der Waals surface area contributed by atoms with Crippen LogP contribution in [-0.2, 0) is 0 Å². The minimum absolute atomic E-state index is 0.174. The number of β-amino-alcohol motifs (C(OH)–C–C–N with tert-alkyl or cyclic N) is 1. The van der Waals surface area contributed by atoms with Gasteiger partial charge in [0, 0.05) is 49.9 Å². The number of aromatic hydroxyl groups is 1. The van der Waals surface area contributed by atoms with Crippen molar-refractivity contribution in [3.63, 3.8) is 0 Å². The van der Waals surface area contributed by atoms with Crippen molar-refractivity contribution in [3.05, 3.63) is 91.0 Å². The average Bonchev–Trinajstić information content (AvgIpc) is 3.34. The summed E-state index contributed by atoms with van der Waals surface area (Å²) in [7, 11) is 0. The van der Waals surface area contributed by atoms with E-state index in [2.05, 4.69) is 40.1 Å². The third kappa shape index (κ3) is 4.55. The van der Waals surface area contributed by atoms with Crippen molar-refractivity contribution in [2.45, 2.75) is 0 Å². The van der Waals surface area contributed by atoms with Gasteiger partial charge in [-0.15, -0.1) is 0 Å². The van der Waals surface area contributed by atoms with Gasteiger partial charge in [0.2, 0.25) is 0 Å². The molecule has 1 aliphatic rings. The van der Waals surface area contributed by atoms with Gasteiger partial charge in [0.1, 0.15) is 17.3 Å². The number of phenolic OH excluding ortho intramolecular Hbond substituents is 1. The monoisotopic (exact) mass is 491 g/mol. The fourth-order valence-electron chi connectivity index (χ4n) is 5.02. The molecule has 1 aliphatic heterocycles. The van der Waals surface area contributed by atoms with Gasteiger partial charge in [-0.2, -0.15) is 9.61 Å². The van der Waals surface area contributed by atoms with Crippen LogP contribution in [0, 0.1) is 0 Å². The van der Waals surface area contributed by atoms with Crippen molar-refractivity contribution in [1.29, 1.82) is 0 Å². The number of rotatable bonds is 6. The minimum Gasteiger partial charge on any atom is -0.508 e. The first-order valence-electron chi connectivity index (χ1n) is 12.6. The van der Waals surface area contributed by atoms with Gasteiger partial charge in [-0.1, -0.05) is 60.7 Å². The third-order valence-corrected chi connectivity index (χ3v) is 6.96. The van der Waals surface area contributed by atoms with Crippen LogP contribution in [0.25, 0.3) is 39.3 Å². The molecule has 2 N–H and O–H groups in total. The number of aromatic nitrogens is 3. The molecule has 0 radical (unpaired) electrons. The number of aliphatic hydroxyl groups excluding tert-OH is 1. The predicted octanol–water partition coefficient (Wildman–Crippen LogP) is 4.55. The molecule has 0 atom stereocenters. The van der Waals surface area contributed by atoms with Crippen LogP contribution in [0.2, 0.25) is 0 Å². The van der Waals surface area contributed by atoms with E-state index in [1.807, 2.05) is 53.0 Å². The van der Waals surface area contributed by atoms with Crippen molar-refractivity contribution >= 4 is 11.5 Å². The molecule has 0 amide bonds. The van der Waals surface area contributed by atoms with E-state index < -0.39 is 0 Å². The largest absolute Gasteiger partial charge is 0.508 e. The molecule has 2 aromatic heterocycles. The molecule has 0 bridgehead atoms. The number of benzene rings is 3. The summed E-state index contributed by atoms with van der Waals surface area (Å²) >= 11 is 0. The number of hydrogen-bond donors (Lipinski definition) is 2. The molecule has 1 saturated heterocycles. The summed E-state index contributed by atoms with van der Waals surface area (Å²) < 4.78 is 1.97. The summed E-state index contributed by atoms with van der Waals surface area (Å²) in [5.41, 5.74) is 6.49. The molecule has 3 heterocycles. The molecule has 7 nitrogen and oxygen atoms in total. The van der Waals surface area contributed by atoms with Crippen LogP contribution in [0.4, 0.5) is 5.82 Å². The second kappa shape index (κ2) is 10.0. The van der Waals surface area contributed by atoms with Gasteiger partial charge in [-0.05, 0) is 29.8 Å². The number of hydrogen-bond acceptors (Lipinski definition) is 6. The van der Waals surface area contributed by atoms with Crippen LogP contribution in [0.5, 0.6) is 5.75 Å². The van der Waals surface area contributed by atoms with E-state index in [0.717, 1.165) is 71.3 Å². The number of piperazine rings is 1. The molecule has 7 heteroatoms. The van der Waals surface area contributed by atoms with Crippen molar-refractivity contribution in [3.8, 4) is 39.4 Å². The molecule has 3 aromatic carbocycles. The van der Waals surface area contributed by atoms with Gasteiger partial charge >= 0.3 is 0 Å². The maximum atomic E-state index is 9.90. The Balaban J connectivity index is 1.59. The lowest BCUT2D eigenvalue weighted by atomic mass is 10.0. The second-order valence-corrected chi connectivity index (χ2v) is 9.29. The van der Waals surface area contributed by atoms with Crippen molar-refractivity contribution in [2.75, 3.05) is 44.2 Å². The molecule has 1 fully saturated rings. The molecule has 0 unspecified atom stereocenters. The van der Waals surface area contributed by atoms with Crippen molar-refractivity contribution < 1.29 is 10.2 Å². The lowest BCUT2D eigenvalue weighted by Gasteiger charge is -2.35. The first kappa shape index (κ1) is 23.2. The van der Waals surface area contributed by atoms with E-state index in [9.17, 15) is 10.2 Å². The molecular weight excluding hydrogens is 462 g/mol. The highest BCUT2D eigenvalue weighted by atomic mass is 16.3. The topological polar surface area (TPSA) is 77.1 Å². The molecule has 186 valence electrons. The fraction of sp³-hybridized carbons (Fsp3) is 0.200. The normalized spacial score (nSPS) is 14.4. The molecule has 0 spiro atoms. The van der Waals surface area contributed by atoms with E-state index in [1.165, 1.54) is 0 Å². The summed E-state index contributed by atoms with van der Waals surface area (Å²) in [5, 5.41) is 24.4. The van der Waals surface area contributed by atoms with Crippen LogP contribution in [0.15, 0.2) is 91.0 Å². The second-order valence-electron chi connectivity index (χ2n) is 9.29. The Morgan fingerprint density at radius 1 is 0.730 bits per heavy atom. The number of fused-ring (bicyclic) bond motifs is 1. The van der Waals surface area contributed by atoms with Gasteiger partial charge in [0.25, 0.3) is 0 Å². The first-order valence-corrected chi connectivity index (χ1v) is 12.6. The van der Waals surface area contributed by atoms with Crippen LogP contribution in [0.3, 0.4) is 0 Å². The van der Waals surface area contributed by atoms with Crippen LogP contribution < -0.4 is 4.90 Å². The number of phenols is 1. The van der Waals surface area contributed by atoms with E-state index in [-0.39, 0.29) is 12.4 Å². The van der Waals surface area contributed by atoms with E-state index >= 15 is 0 Å². The smallest absolute Gasteiger partial charge is 0.166 e. The van der Waals surface area contributed by atoms with Gasteiger partial charge < -0.3 is 15.1 Å². The van der Waals surface area contributed by atoms with Crippen LogP contribution in [0.1, 0.15) is 0 Å². The van der Waals surface area contributed by atoms with E-state index in [1.54, 1.807) is 12.1 Å². The zero-order valence-corrected chi connectivity index (χ0v) is 20.5. The summed E-state index contributed by atoms with van der Waals surface area (Å²) in [5.74, 6) is 1.22. The van der Waals surface area contributed by atoms with Gasteiger partial charge in [-0.3, -0.25) is 4.90 Å². The van der Waals surface area contributed by atoms with Crippen LogP contribution >= 0.6 is 0 Å². The van der Waals surface area contributed by atoms with Gasteiger partial charge in [-0.25, -0.2) is 4.98 Å². The quantitative estimate of drug-likeness (QED) is 0.363. The average molecular weight is 492 g/mol. The Kier molecular flexibility index (Phi) is 6.30. The van der Waals surface area contributed by atoms with Gasteiger partial charge in [0.15, 0.2) is 5.65 Å². The van der Waals surface area contributed by atoms with Crippen LogP contribution in [-0.4, -0.2) is 69.0 Å². The highest BCUT2D eigenvalue weighted by Crippen LogP contribution is 2.38. The lowest BCUT2D eigenvalue weighted by Crippen LogP contribution is -2.47. The zero-order valence-electron chi connectivity index (χ0n) is 20.5. The molecule has 0 aliphatic carbocycles. The number of aliphatic hydroxyl groups is 1. The fourth-order valence-corrected chi connectivity index (χ4v) is 5.02. The molecule has 0 saturated carbocycles. The molecule has 5 aromatic rings. The Morgan fingerprint density at radius 2 is 1.38 bits per heavy atom. The van der Waals surface area contributed by atoms with Crippen molar-refractivity contribution in [2.24, 2.45) is 0 Å². The predicted molar refractivity (Wildman–Crippen MR) is 147 cm³/mol. The summed E-state index contributed by atoms with van der Waals surface area (Å²) in [6.07, 6.45) is 0. The highest BCUT2D eigenvalue weighted by Gasteiger charge is 2.25. The van der Waals surface area contributed by atoms with E-state index in [4.69, 9.17) is 10.1 Å². The molecular formula is C30H29N5O2. The van der Waals surface area contributed by atoms with Gasteiger partial charge in [0.05, 0.1) is 17.9 Å². The summed E-state index contributed by atoms with van der Waals surface area (Å²) in [4.78, 5) is 9.81. The third-order valence-electron chi connectivity index (χ3n) is 6.96. The number of nitrogens with zero attached hydrogens (tertiary/aromatic N) is 5. The molecule has 37 heavy (non-hydrogen) atoms. The summed E-state index contributed by atoms with van der Waals surface area (Å²) in [6, 6.07) is 29.8. The minimum atomic E-state index is 0.174. The maximum absolute atomic E-state index is 9.90. The Labute approximate surface area is 215 Å². The Morgan fingerprint density at radius 3 is 2.03 bits per heavy atom. The zero-order chi connectivity index (χ0) is 25.2. The standard InChI is InChI=1S/C30H29N5O2/c36-20-19-33-15-17-34(18-16-33)27-21-26(22-7-3-1-4-8-22)31-30-28(23-9-5-2-6-10-23)29(32-35(27)30)24-11-13-25(37)14-12-24/h1-14,21,36-37H,15-20H2.